The molecule has 0 unspecified atom stereocenters. The van der Waals surface area contributed by atoms with Gasteiger partial charge < -0.3 is 10.6 Å². The molecule has 28 heavy (non-hydrogen) atoms. The number of benzene rings is 2. The van der Waals surface area contributed by atoms with Gasteiger partial charge in [-0.2, -0.15) is 0 Å². The third-order valence-corrected chi connectivity index (χ3v) is 5.11. The Kier molecular flexibility index (Phi) is 7.44. The molecule has 1 aliphatic heterocycles. The molecular formula is C22H28N4O2. The lowest BCUT2D eigenvalue weighted by atomic mass is 9.93. The first kappa shape index (κ1) is 19.9. The fourth-order valence-electron chi connectivity index (χ4n) is 3.59. The number of likely N-dealkylation sites (tertiary alicyclic amines) is 1. The first-order valence-corrected chi connectivity index (χ1v) is 9.86. The molecule has 148 valence electrons. The van der Waals surface area contributed by atoms with E-state index < -0.39 is 4.92 Å². The van der Waals surface area contributed by atoms with Gasteiger partial charge in [0.05, 0.1) is 4.92 Å². The van der Waals surface area contributed by atoms with E-state index in [0.29, 0.717) is 11.7 Å². The van der Waals surface area contributed by atoms with Crippen LogP contribution in [0.25, 0.3) is 0 Å². The molecule has 1 heterocycles. The molecular weight excluding hydrogens is 352 g/mol. The van der Waals surface area contributed by atoms with E-state index in [2.05, 4.69) is 45.9 Å². The van der Waals surface area contributed by atoms with Crippen molar-refractivity contribution >= 4 is 5.69 Å². The van der Waals surface area contributed by atoms with Crippen LogP contribution < -0.4 is 10.6 Å². The third kappa shape index (κ3) is 6.70. The van der Waals surface area contributed by atoms with Crippen LogP contribution in [0.15, 0.2) is 72.7 Å². The van der Waals surface area contributed by atoms with Crippen molar-refractivity contribution in [3.63, 3.8) is 0 Å². The predicted octanol–water partition coefficient (Wildman–Crippen LogP) is 4.07. The minimum atomic E-state index is -0.430. The quantitative estimate of drug-likeness (QED) is 0.507. The summed E-state index contributed by atoms with van der Waals surface area (Å²) >= 11 is 0. The number of rotatable bonds is 9. The van der Waals surface area contributed by atoms with Crippen molar-refractivity contribution in [1.29, 1.82) is 0 Å². The molecule has 0 atom stereocenters. The lowest BCUT2D eigenvalue weighted by Gasteiger charge is -2.32. The molecule has 3 rings (SSSR count). The van der Waals surface area contributed by atoms with Gasteiger partial charge in [0.1, 0.15) is 0 Å². The molecule has 0 amide bonds. The van der Waals surface area contributed by atoms with E-state index >= 15 is 0 Å². The van der Waals surface area contributed by atoms with Crippen molar-refractivity contribution in [1.82, 2.24) is 10.2 Å². The summed E-state index contributed by atoms with van der Waals surface area (Å²) in [7, 11) is 0. The zero-order valence-corrected chi connectivity index (χ0v) is 16.1. The smallest absolute Gasteiger partial charge is 0.274 e. The Morgan fingerprint density at radius 2 is 1.71 bits per heavy atom. The Morgan fingerprint density at radius 1 is 1.07 bits per heavy atom. The Morgan fingerprint density at radius 3 is 2.36 bits per heavy atom. The van der Waals surface area contributed by atoms with Crippen molar-refractivity contribution < 1.29 is 4.92 Å². The first-order chi connectivity index (χ1) is 13.7. The standard InChI is InChI=1S/C22H28N4O2/c27-26(28)18-22(24-21-9-5-2-6-10-21)23-14-11-19-12-15-25(16-13-19)17-20-7-3-1-4-8-20/h1-10,18-19,23-24H,11-17H2. The molecule has 1 saturated heterocycles. The highest BCUT2D eigenvalue weighted by Crippen LogP contribution is 2.21. The minimum Gasteiger partial charge on any atom is -0.366 e. The highest BCUT2D eigenvalue weighted by molar-refractivity contribution is 5.47. The van der Waals surface area contributed by atoms with Crippen LogP contribution in [0.3, 0.4) is 0 Å². The molecule has 6 nitrogen and oxygen atoms in total. The van der Waals surface area contributed by atoms with Crippen LogP contribution in [0.4, 0.5) is 5.69 Å². The molecule has 0 bridgehead atoms. The Balaban J connectivity index is 1.40. The molecule has 2 aromatic carbocycles. The van der Waals surface area contributed by atoms with E-state index in [1.807, 2.05) is 30.3 Å². The van der Waals surface area contributed by atoms with Gasteiger partial charge in [0.25, 0.3) is 6.20 Å². The summed E-state index contributed by atoms with van der Waals surface area (Å²) in [6, 6.07) is 20.1. The Labute approximate surface area is 166 Å². The number of para-hydroxylation sites is 1. The number of anilines is 1. The average Bonchev–Trinajstić information content (AvgIpc) is 2.70. The van der Waals surface area contributed by atoms with Gasteiger partial charge in [-0.15, -0.1) is 0 Å². The van der Waals surface area contributed by atoms with Crippen LogP contribution in [0, 0.1) is 16.0 Å². The largest absolute Gasteiger partial charge is 0.366 e. The average molecular weight is 380 g/mol. The molecule has 1 fully saturated rings. The molecule has 0 spiro atoms. The third-order valence-electron chi connectivity index (χ3n) is 5.11. The van der Waals surface area contributed by atoms with Gasteiger partial charge >= 0.3 is 0 Å². The van der Waals surface area contributed by atoms with Crippen LogP contribution in [-0.4, -0.2) is 29.5 Å². The van der Waals surface area contributed by atoms with Crippen LogP contribution >= 0.6 is 0 Å². The second kappa shape index (κ2) is 10.5. The lowest BCUT2D eigenvalue weighted by molar-refractivity contribution is -0.403. The zero-order chi connectivity index (χ0) is 19.6. The monoisotopic (exact) mass is 380 g/mol. The van der Waals surface area contributed by atoms with Crippen molar-refractivity contribution in [3.8, 4) is 0 Å². The summed E-state index contributed by atoms with van der Waals surface area (Å²) in [5, 5.41) is 17.2. The fraction of sp³-hybridized carbons (Fsp3) is 0.364. The van der Waals surface area contributed by atoms with Gasteiger partial charge in [-0.3, -0.25) is 15.0 Å². The van der Waals surface area contributed by atoms with Crippen LogP contribution in [0.1, 0.15) is 24.8 Å². The summed E-state index contributed by atoms with van der Waals surface area (Å²) < 4.78 is 0. The number of nitrogens with one attached hydrogen (secondary N) is 2. The summed E-state index contributed by atoms with van der Waals surface area (Å²) in [5.74, 6) is 1.09. The number of nitro groups is 1. The highest BCUT2D eigenvalue weighted by Gasteiger charge is 2.19. The van der Waals surface area contributed by atoms with Gasteiger partial charge in [-0.05, 0) is 56.0 Å². The van der Waals surface area contributed by atoms with E-state index in [-0.39, 0.29) is 0 Å². The fourth-order valence-corrected chi connectivity index (χ4v) is 3.59. The molecule has 6 heteroatoms. The molecule has 1 aliphatic rings. The highest BCUT2D eigenvalue weighted by atomic mass is 16.6. The Hall–Kier alpha value is -2.86. The summed E-state index contributed by atoms with van der Waals surface area (Å²) in [4.78, 5) is 13.0. The minimum absolute atomic E-state index is 0.428. The lowest BCUT2D eigenvalue weighted by Crippen LogP contribution is -2.34. The molecule has 0 aliphatic carbocycles. The maximum absolute atomic E-state index is 10.9. The van der Waals surface area contributed by atoms with Crippen LogP contribution in [0.2, 0.25) is 0 Å². The number of nitrogens with zero attached hydrogens (tertiary/aromatic N) is 2. The zero-order valence-electron chi connectivity index (χ0n) is 16.1. The van der Waals surface area contributed by atoms with E-state index in [0.717, 1.165) is 44.5 Å². The summed E-state index contributed by atoms with van der Waals surface area (Å²) in [6.45, 7) is 3.96. The van der Waals surface area contributed by atoms with Gasteiger partial charge in [-0.1, -0.05) is 48.5 Å². The van der Waals surface area contributed by atoms with E-state index in [1.165, 1.54) is 18.4 Å². The maximum Gasteiger partial charge on any atom is 0.274 e. The SMILES string of the molecule is O=[N+]([O-])C=C(NCCC1CCN(Cc2ccccc2)CC1)Nc1ccccc1. The maximum atomic E-state index is 10.9. The molecule has 2 aromatic rings. The van der Waals surface area contributed by atoms with Crippen molar-refractivity contribution in [2.75, 3.05) is 25.0 Å². The number of piperidine rings is 1. The second-order valence-electron chi connectivity index (χ2n) is 7.24. The second-order valence-corrected chi connectivity index (χ2v) is 7.24. The van der Waals surface area contributed by atoms with E-state index in [9.17, 15) is 10.1 Å². The predicted molar refractivity (Wildman–Crippen MR) is 112 cm³/mol. The Bertz CT molecular complexity index is 757. The van der Waals surface area contributed by atoms with Gasteiger partial charge in [0, 0.05) is 18.8 Å². The van der Waals surface area contributed by atoms with Crippen molar-refractivity contribution in [2.45, 2.75) is 25.8 Å². The van der Waals surface area contributed by atoms with Crippen molar-refractivity contribution in [3.05, 3.63) is 88.4 Å². The summed E-state index contributed by atoms with van der Waals surface area (Å²) in [5.41, 5.74) is 2.20. The van der Waals surface area contributed by atoms with Crippen molar-refractivity contribution in [2.24, 2.45) is 5.92 Å². The van der Waals surface area contributed by atoms with Crippen LogP contribution in [0.5, 0.6) is 0 Å². The molecule has 0 aromatic heterocycles. The van der Waals surface area contributed by atoms with E-state index in [4.69, 9.17) is 0 Å². The number of hydrogen-bond acceptors (Lipinski definition) is 5. The first-order valence-electron chi connectivity index (χ1n) is 9.86. The van der Waals surface area contributed by atoms with Gasteiger partial charge in [0.2, 0.25) is 0 Å². The topological polar surface area (TPSA) is 70.4 Å². The normalized spacial score (nSPS) is 15.9. The molecule has 2 N–H and O–H groups in total. The van der Waals surface area contributed by atoms with Gasteiger partial charge in [0.15, 0.2) is 5.82 Å². The van der Waals surface area contributed by atoms with E-state index in [1.54, 1.807) is 0 Å². The van der Waals surface area contributed by atoms with Crippen LogP contribution in [-0.2, 0) is 6.54 Å². The summed E-state index contributed by atoms with van der Waals surface area (Å²) in [6.07, 6.45) is 4.37. The molecule has 0 radical (unpaired) electrons. The number of hydrogen-bond donors (Lipinski definition) is 2. The van der Waals surface area contributed by atoms with Gasteiger partial charge in [-0.25, -0.2) is 0 Å². The molecule has 0 saturated carbocycles.